The molecule has 19 heavy (non-hydrogen) atoms. The first-order valence-corrected chi connectivity index (χ1v) is 5.93. The van der Waals surface area contributed by atoms with Crippen LogP contribution < -0.4 is 14.4 Å². The van der Waals surface area contributed by atoms with Crippen LogP contribution in [0.15, 0.2) is 39.7 Å². The third-order valence-electron chi connectivity index (χ3n) is 2.75. The first kappa shape index (κ1) is 11.6. The van der Waals surface area contributed by atoms with Crippen LogP contribution >= 0.6 is 0 Å². The molecule has 98 valence electrons. The van der Waals surface area contributed by atoms with Crippen molar-refractivity contribution >= 4 is 17.8 Å². The van der Waals surface area contributed by atoms with Crippen molar-refractivity contribution in [3.05, 3.63) is 36.1 Å². The van der Waals surface area contributed by atoms with Crippen molar-refractivity contribution < 1.29 is 13.9 Å². The maximum absolute atomic E-state index is 5.58. The first-order valence-electron chi connectivity index (χ1n) is 5.93. The fraction of sp³-hybridized carbons (Fsp3) is 0.214. The van der Waals surface area contributed by atoms with Crippen molar-refractivity contribution in [2.75, 3.05) is 25.8 Å². The SMILES string of the molecule is CN(C)c1ccc(C=Nc2ccc3c(c2)OCO3)o1. The van der Waals surface area contributed by atoms with Gasteiger partial charge in [0.1, 0.15) is 5.76 Å². The summed E-state index contributed by atoms with van der Waals surface area (Å²) in [7, 11) is 3.86. The summed E-state index contributed by atoms with van der Waals surface area (Å²) >= 11 is 0. The van der Waals surface area contributed by atoms with Gasteiger partial charge in [-0.25, -0.2) is 0 Å². The van der Waals surface area contributed by atoms with Gasteiger partial charge in [-0.2, -0.15) is 0 Å². The molecule has 0 saturated heterocycles. The minimum atomic E-state index is 0.271. The number of ether oxygens (including phenoxy) is 2. The van der Waals surface area contributed by atoms with Gasteiger partial charge in [0.05, 0.1) is 11.9 Å². The summed E-state index contributed by atoms with van der Waals surface area (Å²) in [6, 6.07) is 9.35. The Hall–Kier alpha value is -2.43. The Balaban J connectivity index is 1.78. The normalized spacial score (nSPS) is 13.2. The van der Waals surface area contributed by atoms with Crippen molar-refractivity contribution in [1.29, 1.82) is 0 Å². The minimum Gasteiger partial charge on any atom is -0.454 e. The van der Waals surface area contributed by atoms with E-state index in [-0.39, 0.29) is 6.79 Å². The molecule has 3 rings (SSSR count). The van der Waals surface area contributed by atoms with Gasteiger partial charge in [-0.3, -0.25) is 4.99 Å². The lowest BCUT2D eigenvalue weighted by molar-refractivity contribution is 0.174. The van der Waals surface area contributed by atoms with Crippen LogP contribution in [0.3, 0.4) is 0 Å². The molecular weight excluding hydrogens is 244 g/mol. The van der Waals surface area contributed by atoms with Gasteiger partial charge in [0, 0.05) is 26.2 Å². The zero-order valence-corrected chi connectivity index (χ0v) is 10.8. The van der Waals surface area contributed by atoms with Crippen LogP contribution in [0.4, 0.5) is 11.6 Å². The molecule has 0 atom stereocenters. The minimum absolute atomic E-state index is 0.271. The molecule has 0 N–H and O–H groups in total. The third kappa shape index (κ3) is 2.40. The molecule has 1 aliphatic heterocycles. The second kappa shape index (κ2) is 4.68. The number of fused-ring (bicyclic) bond motifs is 1. The van der Waals surface area contributed by atoms with Crippen LogP contribution in [-0.2, 0) is 0 Å². The molecule has 5 nitrogen and oxygen atoms in total. The van der Waals surface area contributed by atoms with Crippen LogP contribution in [0.2, 0.25) is 0 Å². The third-order valence-corrected chi connectivity index (χ3v) is 2.75. The van der Waals surface area contributed by atoms with Gasteiger partial charge in [-0.15, -0.1) is 0 Å². The highest BCUT2D eigenvalue weighted by atomic mass is 16.7. The lowest BCUT2D eigenvalue weighted by Gasteiger charge is -2.05. The van der Waals surface area contributed by atoms with E-state index < -0.39 is 0 Å². The number of nitrogens with zero attached hydrogens (tertiary/aromatic N) is 2. The van der Waals surface area contributed by atoms with E-state index in [1.54, 1.807) is 6.21 Å². The average molecular weight is 258 g/mol. The number of rotatable bonds is 3. The summed E-state index contributed by atoms with van der Waals surface area (Å²) in [5, 5.41) is 0. The summed E-state index contributed by atoms with van der Waals surface area (Å²) in [6.45, 7) is 0.271. The summed E-state index contributed by atoms with van der Waals surface area (Å²) in [5.41, 5.74) is 0.798. The topological polar surface area (TPSA) is 47.2 Å². The average Bonchev–Trinajstić information content (AvgIpc) is 3.04. The Kier molecular flexibility index (Phi) is 2.87. The predicted octanol–water partition coefficient (Wildman–Crippen LogP) is 2.82. The zero-order valence-electron chi connectivity index (χ0n) is 10.8. The summed E-state index contributed by atoms with van der Waals surface area (Å²) < 4.78 is 16.1. The Bertz CT molecular complexity index is 617. The van der Waals surface area contributed by atoms with E-state index in [0.717, 1.165) is 23.1 Å². The van der Waals surface area contributed by atoms with Crippen molar-refractivity contribution in [2.45, 2.75) is 0 Å². The number of aliphatic imine (C=N–C) groups is 1. The lowest BCUT2D eigenvalue weighted by atomic mass is 10.3. The van der Waals surface area contributed by atoms with Gasteiger partial charge in [0.2, 0.25) is 6.79 Å². The molecule has 2 heterocycles. The van der Waals surface area contributed by atoms with E-state index in [2.05, 4.69) is 4.99 Å². The standard InChI is InChI=1S/C14H14N2O3/c1-16(2)14-6-4-11(19-14)8-15-10-3-5-12-13(7-10)18-9-17-12/h3-8H,9H2,1-2H3. The Morgan fingerprint density at radius 1 is 1.11 bits per heavy atom. The highest BCUT2D eigenvalue weighted by Crippen LogP contribution is 2.35. The molecular formula is C14H14N2O3. The molecule has 1 aromatic carbocycles. The van der Waals surface area contributed by atoms with Crippen LogP contribution in [0.5, 0.6) is 11.5 Å². The van der Waals surface area contributed by atoms with E-state index in [0.29, 0.717) is 5.76 Å². The molecule has 1 aliphatic rings. The monoisotopic (exact) mass is 258 g/mol. The largest absolute Gasteiger partial charge is 0.454 e. The Morgan fingerprint density at radius 3 is 2.74 bits per heavy atom. The van der Waals surface area contributed by atoms with Gasteiger partial charge in [0.25, 0.3) is 0 Å². The molecule has 0 fully saturated rings. The summed E-state index contributed by atoms with van der Waals surface area (Å²) in [4.78, 5) is 6.25. The van der Waals surface area contributed by atoms with E-state index in [4.69, 9.17) is 13.9 Å². The maximum atomic E-state index is 5.58. The molecule has 2 aromatic rings. The van der Waals surface area contributed by atoms with Gasteiger partial charge >= 0.3 is 0 Å². The molecule has 5 heteroatoms. The smallest absolute Gasteiger partial charge is 0.231 e. The van der Waals surface area contributed by atoms with Crippen molar-refractivity contribution in [1.82, 2.24) is 0 Å². The number of furan rings is 1. The van der Waals surface area contributed by atoms with Gasteiger partial charge in [-0.05, 0) is 18.2 Å². The van der Waals surface area contributed by atoms with Crippen LogP contribution in [-0.4, -0.2) is 27.1 Å². The predicted molar refractivity (Wildman–Crippen MR) is 72.9 cm³/mol. The molecule has 0 radical (unpaired) electrons. The van der Waals surface area contributed by atoms with Crippen molar-refractivity contribution in [2.24, 2.45) is 4.99 Å². The number of hydrogen-bond acceptors (Lipinski definition) is 5. The van der Waals surface area contributed by atoms with E-state index >= 15 is 0 Å². The molecule has 0 aliphatic carbocycles. The second-order valence-corrected chi connectivity index (χ2v) is 4.37. The van der Waals surface area contributed by atoms with E-state index in [1.807, 2.05) is 49.3 Å². The van der Waals surface area contributed by atoms with Gasteiger partial charge < -0.3 is 18.8 Å². The Labute approximate surface area is 111 Å². The van der Waals surface area contributed by atoms with E-state index in [1.165, 1.54) is 0 Å². The molecule has 0 spiro atoms. The van der Waals surface area contributed by atoms with Crippen LogP contribution in [0.25, 0.3) is 0 Å². The highest BCUT2D eigenvalue weighted by molar-refractivity contribution is 5.79. The molecule has 0 bridgehead atoms. The molecule has 0 amide bonds. The number of hydrogen-bond donors (Lipinski definition) is 0. The zero-order chi connectivity index (χ0) is 13.2. The fourth-order valence-corrected chi connectivity index (χ4v) is 1.76. The summed E-state index contributed by atoms with van der Waals surface area (Å²) in [6.07, 6.45) is 1.69. The van der Waals surface area contributed by atoms with Crippen LogP contribution in [0, 0.1) is 0 Å². The molecule has 1 aromatic heterocycles. The second-order valence-electron chi connectivity index (χ2n) is 4.37. The summed E-state index contributed by atoms with van der Waals surface area (Å²) in [5.74, 6) is 2.99. The quantitative estimate of drug-likeness (QED) is 0.794. The number of benzene rings is 1. The fourth-order valence-electron chi connectivity index (χ4n) is 1.76. The Morgan fingerprint density at radius 2 is 1.95 bits per heavy atom. The highest BCUT2D eigenvalue weighted by Gasteiger charge is 2.12. The first-order chi connectivity index (χ1) is 9.22. The van der Waals surface area contributed by atoms with Gasteiger partial charge in [-0.1, -0.05) is 0 Å². The lowest BCUT2D eigenvalue weighted by Crippen LogP contribution is -2.06. The molecule has 0 saturated carbocycles. The van der Waals surface area contributed by atoms with Gasteiger partial charge in [0.15, 0.2) is 17.4 Å². The van der Waals surface area contributed by atoms with Crippen LogP contribution in [0.1, 0.15) is 5.76 Å². The molecule has 0 unspecified atom stereocenters. The van der Waals surface area contributed by atoms with E-state index in [9.17, 15) is 0 Å². The number of anilines is 1. The van der Waals surface area contributed by atoms with Crippen molar-refractivity contribution in [3.8, 4) is 11.5 Å². The van der Waals surface area contributed by atoms with Crippen molar-refractivity contribution in [3.63, 3.8) is 0 Å². The maximum Gasteiger partial charge on any atom is 0.231 e.